The van der Waals surface area contributed by atoms with Crippen LogP contribution in [0.2, 0.25) is 0 Å². The zero-order valence-corrected chi connectivity index (χ0v) is 15.7. The largest absolute Gasteiger partial charge is 0.478 e. The molecule has 3 rings (SSSR count). The smallest absolute Gasteiger partial charge is 0.417 e. The van der Waals surface area contributed by atoms with Gasteiger partial charge in [0, 0.05) is 0 Å². The number of alkyl halides is 3. The minimum absolute atomic E-state index is 0.0463. The molecule has 0 saturated heterocycles. The van der Waals surface area contributed by atoms with Crippen molar-refractivity contribution in [2.75, 3.05) is 5.32 Å². The van der Waals surface area contributed by atoms with E-state index in [0.717, 1.165) is 23.3 Å². The molecule has 0 aromatic heterocycles. The van der Waals surface area contributed by atoms with Crippen LogP contribution < -0.4 is 5.32 Å². The lowest BCUT2D eigenvalue weighted by Crippen LogP contribution is -2.20. The summed E-state index contributed by atoms with van der Waals surface area (Å²) in [7, 11) is 0. The van der Waals surface area contributed by atoms with Crippen LogP contribution in [0.25, 0.3) is 0 Å². The molecule has 0 aliphatic carbocycles. The highest BCUT2D eigenvalue weighted by Gasteiger charge is 2.35. The molecule has 1 amide bonds. The van der Waals surface area contributed by atoms with E-state index >= 15 is 0 Å². The van der Waals surface area contributed by atoms with Crippen molar-refractivity contribution in [1.82, 2.24) is 0 Å². The predicted octanol–water partition coefficient (Wildman–Crippen LogP) is 5.44. The fourth-order valence-corrected chi connectivity index (χ4v) is 3.09. The van der Waals surface area contributed by atoms with Gasteiger partial charge in [-0.25, -0.2) is 4.79 Å². The lowest BCUT2D eigenvalue weighted by molar-refractivity contribution is -0.137. The minimum atomic E-state index is -4.71. The van der Waals surface area contributed by atoms with Gasteiger partial charge in [-0.15, -0.1) is 0 Å². The molecule has 0 saturated carbocycles. The molecule has 0 bridgehead atoms. The van der Waals surface area contributed by atoms with Gasteiger partial charge in [0.15, 0.2) is 0 Å². The summed E-state index contributed by atoms with van der Waals surface area (Å²) in [4.78, 5) is 24.1. The molecular formula is C23H18F3NO3. The third-order valence-corrected chi connectivity index (χ3v) is 4.58. The SMILES string of the molecule is O=C(O)c1ccc(CCc2ccccc2)cc1NC(=O)c1ccccc1C(F)(F)F. The second-order valence-corrected chi connectivity index (χ2v) is 6.67. The molecule has 0 fully saturated rings. The third kappa shape index (κ3) is 5.05. The van der Waals surface area contributed by atoms with Gasteiger partial charge >= 0.3 is 12.1 Å². The van der Waals surface area contributed by atoms with E-state index in [1.807, 2.05) is 30.3 Å². The first-order valence-corrected chi connectivity index (χ1v) is 9.13. The fraction of sp³-hybridized carbons (Fsp3) is 0.130. The number of halogens is 3. The average Bonchev–Trinajstić information content (AvgIpc) is 2.72. The monoisotopic (exact) mass is 413 g/mol. The summed E-state index contributed by atoms with van der Waals surface area (Å²) in [5.41, 5.74) is -0.0604. The molecule has 4 nitrogen and oxygen atoms in total. The van der Waals surface area contributed by atoms with Crippen LogP contribution in [0, 0.1) is 0 Å². The number of carbonyl (C=O) groups excluding carboxylic acids is 1. The van der Waals surface area contributed by atoms with Gasteiger partial charge in [0.2, 0.25) is 0 Å². The van der Waals surface area contributed by atoms with Gasteiger partial charge in [0.1, 0.15) is 0 Å². The van der Waals surface area contributed by atoms with Crippen LogP contribution in [-0.2, 0) is 19.0 Å². The number of hydrogen-bond acceptors (Lipinski definition) is 2. The van der Waals surface area contributed by atoms with E-state index in [4.69, 9.17) is 0 Å². The van der Waals surface area contributed by atoms with Crippen molar-refractivity contribution in [2.24, 2.45) is 0 Å². The average molecular weight is 413 g/mol. The Balaban J connectivity index is 1.87. The summed E-state index contributed by atoms with van der Waals surface area (Å²) in [6.45, 7) is 0. The number of carboxylic acids is 1. The normalized spacial score (nSPS) is 11.2. The van der Waals surface area contributed by atoms with E-state index < -0.39 is 29.2 Å². The molecule has 0 radical (unpaired) electrons. The molecule has 30 heavy (non-hydrogen) atoms. The molecule has 154 valence electrons. The molecular weight excluding hydrogens is 395 g/mol. The van der Waals surface area contributed by atoms with Crippen molar-refractivity contribution in [3.8, 4) is 0 Å². The van der Waals surface area contributed by atoms with E-state index in [1.165, 1.54) is 24.3 Å². The van der Waals surface area contributed by atoms with Gasteiger partial charge in [-0.2, -0.15) is 13.2 Å². The molecule has 0 atom stereocenters. The molecule has 0 aliphatic heterocycles. The van der Waals surface area contributed by atoms with Crippen LogP contribution in [0.3, 0.4) is 0 Å². The highest BCUT2D eigenvalue weighted by molar-refractivity contribution is 6.08. The summed E-state index contributed by atoms with van der Waals surface area (Å²) in [5, 5.41) is 11.7. The van der Waals surface area contributed by atoms with Gasteiger partial charge in [0.25, 0.3) is 5.91 Å². The Morgan fingerprint density at radius 1 is 0.800 bits per heavy atom. The Kier molecular flexibility index (Phi) is 6.20. The Labute approximate surface area is 171 Å². The van der Waals surface area contributed by atoms with Crippen LogP contribution in [0.1, 0.15) is 37.4 Å². The van der Waals surface area contributed by atoms with Gasteiger partial charge in [-0.1, -0.05) is 48.5 Å². The number of rotatable bonds is 6. The number of nitrogens with one attached hydrogen (secondary N) is 1. The second-order valence-electron chi connectivity index (χ2n) is 6.67. The van der Waals surface area contributed by atoms with Crippen LogP contribution in [-0.4, -0.2) is 17.0 Å². The van der Waals surface area contributed by atoms with Crippen molar-refractivity contribution >= 4 is 17.6 Å². The van der Waals surface area contributed by atoms with E-state index in [9.17, 15) is 27.9 Å². The number of carboxylic acid groups (broad SMARTS) is 1. The zero-order valence-electron chi connectivity index (χ0n) is 15.7. The lowest BCUT2D eigenvalue weighted by atomic mass is 10.0. The third-order valence-electron chi connectivity index (χ3n) is 4.58. The first-order valence-electron chi connectivity index (χ1n) is 9.13. The fourth-order valence-electron chi connectivity index (χ4n) is 3.09. The van der Waals surface area contributed by atoms with Gasteiger partial charge in [-0.3, -0.25) is 4.79 Å². The molecule has 7 heteroatoms. The van der Waals surface area contributed by atoms with Crippen LogP contribution >= 0.6 is 0 Å². The molecule has 3 aromatic rings. The maximum absolute atomic E-state index is 13.2. The summed E-state index contributed by atoms with van der Waals surface area (Å²) >= 11 is 0. The number of aryl methyl sites for hydroxylation is 2. The Hall–Kier alpha value is -3.61. The first-order chi connectivity index (χ1) is 14.3. The standard InChI is InChI=1S/C23H18F3NO3/c24-23(25,26)19-9-5-4-8-17(19)21(28)27-20-14-16(12-13-18(20)22(29)30)11-10-15-6-2-1-3-7-15/h1-9,12-14H,10-11H2,(H,27,28)(H,29,30). The topological polar surface area (TPSA) is 66.4 Å². The molecule has 0 unspecified atom stereocenters. The molecule has 0 aliphatic rings. The second kappa shape index (κ2) is 8.82. The van der Waals surface area contributed by atoms with Crippen LogP contribution in [0.15, 0.2) is 72.8 Å². The van der Waals surface area contributed by atoms with Crippen molar-refractivity contribution < 1.29 is 27.9 Å². The van der Waals surface area contributed by atoms with E-state index in [0.29, 0.717) is 12.8 Å². The summed E-state index contributed by atoms with van der Waals surface area (Å²) in [5.74, 6) is -2.31. The molecule has 3 aromatic carbocycles. The van der Waals surface area contributed by atoms with Crippen LogP contribution in [0.5, 0.6) is 0 Å². The lowest BCUT2D eigenvalue weighted by Gasteiger charge is -2.14. The molecule has 0 heterocycles. The Morgan fingerprint density at radius 2 is 1.43 bits per heavy atom. The first kappa shape index (κ1) is 21.1. The highest BCUT2D eigenvalue weighted by atomic mass is 19.4. The van der Waals surface area contributed by atoms with Crippen molar-refractivity contribution in [2.45, 2.75) is 19.0 Å². The van der Waals surface area contributed by atoms with Crippen molar-refractivity contribution in [3.63, 3.8) is 0 Å². The zero-order chi connectivity index (χ0) is 21.7. The number of amides is 1. The quantitative estimate of drug-likeness (QED) is 0.565. The maximum atomic E-state index is 13.2. The van der Waals surface area contributed by atoms with Gasteiger partial charge in [-0.05, 0) is 48.2 Å². The summed E-state index contributed by atoms with van der Waals surface area (Å²) in [6.07, 6.45) is -3.44. The summed E-state index contributed by atoms with van der Waals surface area (Å²) in [6, 6.07) is 18.5. The summed E-state index contributed by atoms with van der Waals surface area (Å²) < 4.78 is 39.6. The Bertz CT molecular complexity index is 1060. The molecule has 2 N–H and O–H groups in total. The number of aromatic carboxylic acids is 1. The highest BCUT2D eigenvalue weighted by Crippen LogP contribution is 2.32. The number of hydrogen-bond donors (Lipinski definition) is 2. The van der Waals surface area contributed by atoms with E-state index in [-0.39, 0.29) is 11.3 Å². The van der Waals surface area contributed by atoms with Gasteiger partial charge in [0.05, 0.1) is 22.4 Å². The van der Waals surface area contributed by atoms with Crippen LogP contribution in [0.4, 0.5) is 18.9 Å². The van der Waals surface area contributed by atoms with Crippen molar-refractivity contribution in [3.05, 3.63) is 101 Å². The van der Waals surface area contributed by atoms with E-state index in [2.05, 4.69) is 5.32 Å². The number of anilines is 1. The number of carbonyl (C=O) groups is 2. The number of benzene rings is 3. The van der Waals surface area contributed by atoms with Gasteiger partial charge < -0.3 is 10.4 Å². The minimum Gasteiger partial charge on any atom is -0.478 e. The maximum Gasteiger partial charge on any atom is 0.417 e. The predicted molar refractivity (Wildman–Crippen MR) is 107 cm³/mol. The molecule has 0 spiro atoms. The van der Waals surface area contributed by atoms with E-state index in [1.54, 1.807) is 6.07 Å². The Morgan fingerprint density at radius 3 is 2.10 bits per heavy atom. The van der Waals surface area contributed by atoms with Crippen molar-refractivity contribution in [1.29, 1.82) is 0 Å².